The van der Waals surface area contributed by atoms with Gasteiger partial charge in [0.15, 0.2) is 0 Å². The zero-order chi connectivity index (χ0) is 12.4. The Labute approximate surface area is 110 Å². The third-order valence-electron chi connectivity index (χ3n) is 4.13. The zero-order valence-corrected chi connectivity index (χ0v) is 11.2. The molecule has 18 heavy (non-hydrogen) atoms. The molecule has 1 saturated carbocycles. The second-order valence-corrected chi connectivity index (χ2v) is 5.58. The van der Waals surface area contributed by atoms with E-state index in [-0.39, 0.29) is 6.10 Å². The van der Waals surface area contributed by atoms with Crippen molar-refractivity contribution in [2.45, 2.75) is 50.7 Å². The topological polar surface area (TPSA) is 21.3 Å². The fraction of sp³-hybridized carbons (Fsp3) is 0.625. The molecule has 0 aromatic heterocycles. The Morgan fingerprint density at radius 3 is 2.50 bits per heavy atom. The number of rotatable bonds is 4. The van der Waals surface area contributed by atoms with E-state index < -0.39 is 0 Å². The SMILES string of the molecule is CCNC1CCOC(c2ccc(C3CC3)cc2)C1. The molecule has 1 aliphatic heterocycles. The molecule has 1 aliphatic carbocycles. The van der Waals surface area contributed by atoms with Crippen LogP contribution >= 0.6 is 0 Å². The molecule has 0 radical (unpaired) electrons. The first-order valence-electron chi connectivity index (χ1n) is 7.31. The molecule has 2 fully saturated rings. The molecule has 0 amide bonds. The molecule has 0 spiro atoms. The largest absolute Gasteiger partial charge is 0.373 e. The van der Waals surface area contributed by atoms with E-state index in [0.717, 1.165) is 31.9 Å². The van der Waals surface area contributed by atoms with Crippen molar-refractivity contribution in [2.24, 2.45) is 0 Å². The van der Waals surface area contributed by atoms with E-state index in [9.17, 15) is 0 Å². The molecule has 2 unspecified atom stereocenters. The summed E-state index contributed by atoms with van der Waals surface area (Å²) in [4.78, 5) is 0. The first-order valence-corrected chi connectivity index (χ1v) is 7.31. The summed E-state index contributed by atoms with van der Waals surface area (Å²) in [6, 6.07) is 9.76. The third kappa shape index (κ3) is 2.76. The van der Waals surface area contributed by atoms with Gasteiger partial charge in [0.2, 0.25) is 0 Å². The summed E-state index contributed by atoms with van der Waals surface area (Å²) in [5.41, 5.74) is 2.86. The van der Waals surface area contributed by atoms with Crippen LogP contribution in [0.3, 0.4) is 0 Å². The van der Waals surface area contributed by atoms with E-state index >= 15 is 0 Å². The minimum atomic E-state index is 0.288. The van der Waals surface area contributed by atoms with Crippen LogP contribution in [0.15, 0.2) is 24.3 Å². The molecular formula is C16H23NO. The lowest BCUT2D eigenvalue weighted by molar-refractivity contribution is 0.000588. The summed E-state index contributed by atoms with van der Waals surface area (Å²) in [5.74, 6) is 0.848. The van der Waals surface area contributed by atoms with Gasteiger partial charge in [-0.3, -0.25) is 0 Å². The predicted octanol–water partition coefficient (Wildman–Crippen LogP) is 3.39. The highest BCUT2D eigenvalue weighted by molar-refractivity contribution is 5.29. The Balaban J connectivity index is 1.65. The molecule has 1 N–H and O–H groups in total. The second-order valence-electron chi connectivity index (χ2n) is 5.58. The van der Waals surface area contributed by atoms with Gasteiger partial charge in [-0.2, -0.15) is 0 Å². The van der Waals surface area contributed by atoms with Crippen LogP contribution in [0.1, 0.15) is 55.8 Å². The summed E-state index contributed by atoms with van der Waals surface area (Å²) >= 11 is 0. The van der Waals surface area contributed by atoms with Crippen molar-refractivity contribution in [2.75, 3.05) is 13.2 Å². The van der Waals surface area contributed by atoms with Crippen LogP contribution in [0, 0.1) is 0 Å². The molecule has 0 bridgehead atoms. The van der Waals surface area contributed by atoms with Gasteiger partial charge in [-0.25, -0.2) is 0 Å². The molecule has 98 valence electrons. The molecule has 1 aromatic carbocycles. The molecule has 3 rings (SSSR count). The minimum absolute atomic E-state index is 0.288. The van der Waals surface area contributed by atoms with Gasteiger partial charge in [0.25, 0.3) is 0 Å². The van der Waals surface area contributed by atoms with Gasteiger partial charge in [0.05, 0.1) is 6.10 Å². The van der Waals surface area contributed by atoms with Crippen molar-refractivity contribution in [3.63, 3.8) is 0 Å². The maximum absolute atomic E-state index is 5.92. The van der Waals surface area contributed by atoms with Crippen LogP contribution < -0.4 is 5.32 Å². The summed E-state index contributed by atoms with van der Waals surface area (Å²) < 4.78 is 5.92. The number of ether oxygens (including phenoxy) is 1. The van der Waals surface area contributed by atoms with Crippen LogP contribution in [-0.2, 0) is 4.74 Å². The van der Waals surface area contributed by atoms with Crippen molar-refractivity contribution in [1.82, 2.24) is 5.32 Å². The Bertz CT molecular complexity index is 381. The molecule has 2 atom stereocenters. The summed E-state index contributed by atoms with van der Waals surface area (Å²) in [7, 11) is 0. The van der Waals surface area contributed by atoms with Crippen molar-refractivity contribution in [3.8, 4) is 0 Å². The summed E-state index contributed by atoms with van der Waals surface area (Å²) in [6.45, 7) is 4.11. The Hall–Kier alpha value is -0.860. The number of benzene rings is 1. The first-order chi connectivity index (χ1) is 8.86. The van der Waals surface area contributed by atoms with E-state index in [2.05, 4.69) is 36.5 Å². The van der Waals surface area contributed by atoms with Gasteiger partial charge >= 0.3 is 0 Å². The van der Waals surface area contributed by atoms with Gasteiger partial charge in [-0.1, -0.05) is 31.2 Å². The smallest absolute Gasteiger partial charge is 0.0839 e. The third-order valence-corrected chi connectivity index (χ3v) is 4.13. The van der Waals surface area contributed by atoms with Crippen LogP contribution in [-0.4, -0.2) is 19.2 Å². The molecule has 1 aromatic rings. The fourth-order valence-corrected chi connectivity index (χ4v) is 2.90. The van der Waals surface area contributed by atoms with Gasteiger partial charge in [0, 0.05) is 12.6 Å². The van der Waals surface area contributed by atoms with Crippen LogP contribution in [0.25, 0.3) is 0 Å². The van der Waals surface area contributed by atoms with Gasteiger partial charge in [0.1, 0.15) is 0 Å². The highest BCUT2D eigenvalue weighted by atomic mass is 16.5. The lowest BCUT2D eigenvalue weighted by Gasteiger charge is -2.30. The number of nitrogens with one attached hydrogen (secondary N) is 1. The molecule has 1 heterocycles. The summed E-state index contributed by atoms with van der Waals surface area (Å²) in [6.07, 6.45) is 5.29. The van der Waals surface area contributed by atoms with E-state index in [1.807, 2.05) is 0 Å². The quantitative estimate of drug-likeness (QED) is 0.878. The molecule has 2 nitrogen and oxygen atoms in total. The van der Waals surface area contributed by atoms with Gasteiger partial charge < -0.3 is 10.1 Å². The minimum Gasteiger partial charge on any atom is -0.373 e. The maximum Gasteiger partial charge on any atom is 0.0839 e. The number of hydrogen-bond acceptors (Lipinski definition) is 2. The van der Waals surface area contributed by atoms with E-state index in [0.29, 0.717) is 6.04 Å². The van der Waals surface area contributed by atoms with E-state index in [4.69, 9.17) is 4.74 Å². The fourth-order valence-electron chi connectivity index (χ4n) is 2.90. The molecule has 2 heteroatoms. The Morgan fingerprint density at radius 1 is 1.11 bits per heavy atom. The van der Waals surface area contributed by atoms with Crippen LogP contribution in [0.5, 0.6) is 0 Å². The molecule has 1 saturated heterocycles. The maximum atomic E-state index is 5.92. The normalized spacial score (nSPS) is 28.3. The van der Waals surface area contributed by atoms with Gasteiger partial charge in [-0.15, -0.1) is 0 Å². The van der Waals surface area contributed by atoms with Crippen molar-refractivity contribution >= 4 is 0 Å². The lowest BCUT2D eigenvalue weighted by Crippen LogP contribution is -2.35. The van der Waals surface area contributed by atoms with E-state index in [1.54, 1.807) is 0 Å². The van der Waals surface area contributed by atoms with E-state index in [1.165, 1.54) is 24.0 Å². The Kier molecular flexibility index (Phi) is 3.67. The number of hydrogen-bond donors (Lipinski definition) is 1. The standard InChI is InChI=1S/C16H23NO/c1-2-17-15-9-10-18-16(11-15)14-7-5-13(6-8-14)12-3-4-12/h5-8,12,15-17H,2-4,9-11H2,1H3. The van der Waals surface area contributed by atoms with Gasteiger partial charge in [-0.05, 0) is 49.3 Å². The molecular weight excluding hydrogens is 222 g/mol. The Morgan fingerprint density at radius 2 is 1.83 bits per heavy atom. The van der Waals surface area contributed by atoms with Crippen LogP contribution in [0.4, 0.5) is 0 Å². The first kappa shape index (κ1) is 12.2. The van der Waals surface area contributed by atoms with Crippen molar-refractivity contribution in [1.29, 1.82) is 0 Å². The molecule has 2 aliphatic rings. The van der Waals surface area contributed by atoms with Crippen LogP contribution in [0.2, 0.25) is 0 Å². The average Bonchev–Trinajstić information content (AvgIpc) is 3.24. The average molecular weight is 245 g/mol. The van der Waals surface area contributed by atoms with Crippen molar-refractivity contribution < 1.29 is 4.74 Å². The monoisotopic (exact) mass is 245 g/mol. The predicted molar refractivity (Wildman–Crippen MR) is 73.8 cm³/mol. The zero-order valence-electron chi connectivity index (χ0n) is 11.2. The highest BCUT2D eigenvalue weighted by Crippen LogP contribution is 2.40. The second kappa shape index (κ2) is 5.41. The van der Waals surface area contributed by atoms with Crippen molar-refractivity contribution in [3.05, 3.63) is 35.4 Å². The highest BCUT2D eigenvalue weighted by Gasteiger charge is 2.25. The summed E-state index contributed by atoms with van der Waals surface area (Å²) in [5, 5.41) is 3.54. The lowest BCUT2D eigenvalue weighted by atomic mass is 9.96.